The second-order valence-corrected chi connectivity index (χ2v) is 7.39. The number of aromatic nitrogens is 2. The third kappa shape index (κ3) is 4.71. The van der Waals surface area contributed by atoms with Crippen LogP contribution in [-0.2, 0) is 16.0 Å². The predicted molar refractivity (Wildman–Crippen MR) is 114 cm³/mol. The zero-order valence-corrected chi connectivity index (χ0v) is 17.8. The van der Waals surface area contributed by atoms with E-state index >= 15 is 0 Å². The molecule has 2 aromatic rings. The molecule has 0 aromatic carbocycles. The van der Waals surface area contributed by atoms with Crippen molar-refractivity contribution >= 4 is 11.8 Å². The number of pyridine rings is 2. The van der Waals surface area contributed by atoms with Crippen molar-refractivity contribution in [2.75, 3.05) is 32.6 Å². The van der Waals surface area contributed by atoms with E-state index in [2.05, 4.69) is 15.2 Å². The first-order valence-electron chi connectivity index (χ1n) is 10.0. The van der Waals surface area contributed by atoms with Crippen molar-refractivity contribution in [1.82, 2.24) is 14.5 Å². The Hall–Kier alpha value is -3.13. The van der Waals surface area contributed by atoms with Gasteiger partial charge in [0.05, 0.1) is 29.5 Å². The van der Waals surface area contributed by atoms with E-state index in [9.17, 15) is 9.59 Å². The Balaban J connectivity index is 2.06. The van der Waals surface area contributed by atoms with Gasteiger partial charge in [0.1, 0.15) is 5.76 Å². The quantitative estimate of drug-likeness (QED) is 0.699. The molecule has 0 amide bonds. The van der Waals surface area contributed by atoms with Crippen molar-refractivity contribution in [1.29, 1.82) is 0 Å². The Kier molecular flexibility index (Phi) is 6.89. The molecule has 1 unspecified atom stereocenters. The zero-order valence-electron chi connectivity index (χ0n) is 17.8. The fourth-order valence-electron chi connectivity index (χ4n) is 3.53. The van der Waals surface area contributed by atoms with Crippen LogP contribution in [0, 0.1) is 0 Å². The first-order chi connectivity index (χ1) is 14.4. The number of fused-ring (bicyclic) bond motifs is 1. The molecule has 0 saturated heterocycles. The second-order valence-electron chi connectivity index (χ2n) is 7.39. The minimum absolute atomic E-state index is 0.133. The SMILES string of the molecule is CCOC(=O)OC1=C(C)Nc2ccn(CCCN(C)C)c(=O)c2C1c1ccccn1. The maximum absolute atomic E-state index is 13.4. The maximum Gasteiger partial charge on any atom is 0.513 e. The molecule has 1 aliphatic rings. The molecule has 0 saturated carbocycles. The molecule has 0 spiro atoms. The summed E-state index contributed by atoms with van der Waals surface area (Å²) in [4.78, 5) is 32.0. The molecule has 8 heteroatoms. The van der Waals surface area contributed by atoms with E-state index in [1.165, 1.54) is 0 Å². The van der Waals surface area contributed by atoms with Crippen LogP contribution >= 0.6 is 0 Å². The van der Waals surface area contributed by atoms with E-state index in [0.717, 1.165) is 13.0 Å². The molecule has 3 heterocycles. The number of hydrogen-bond donors (Lipinski definition) is 1. The Morgan fingerprint density at radius 3 is 2.77 bits per heavy atom. The van der Waals surface area contributed by atoms with E-state index in [-0.39, 0.29) is 12.2 Å². The Morgan fingerprint density at radius 1 is 1.30 bits per heavy atom. The van der Waals surface area contributed by atoms with E-state index in [4.69, 9.17) is 9.47 Å². The number of anilines is 1. The smallest absolute Gasteiger partial charge is 0.434 e. The second kappa shape index (κ2) is 9.58. The lowest BCUT2D eigenvalue weighted by molar-refractivity contribution is 0.0776. The standard InChI is InChI=1S/C22H28N4O4/c1-5-29-22(28)30-20-15(2)24-17-10-14-26(13-8-12-25(3)4)21(27)19(17)18(20)16-9-6-7-11-23-16/h6-7,9-11,14,18,24H,5,8,12-13H2,1-4H3. The summed E-state index contributed by atoms with van der Waals surface area (Å²) >= 11 is 0. The number of carbonyl (C=O) groups excluding carboxylic acids is 1. The van der Waals surface area contributed by atoms with Crippen molar-refractivity contribution in [2.24, 2.45) is 0 Å². The maximum atomic E-state index is 13.4. The first-order valence-corrected chi connectivity index (χ1v) is 10.0. The molecule has 2 aromatic heterocycles. The zero-order chi connectivity index (χ0) is 21.7. The lowest BCUT2D eigenvalue weighted by Crippen LogP contribution is -2.32. The van der Waals surface area contributed by atoms with Crippen molar-refractivity contribution in [2.45, 2.75) is 32.7 Å². The monoisotopic (exact) mass is 412 g/mol. The molecule has 1 atom stereocenters. The summed E-state index contributed by atoms with van der Waals surface area (Å²) in [7, 11) is 4.01. The summed E-state index contributed by atoms with van der Waals surface area (Å²) in [5.74, 6) is -0.288. The van der Waals surface area contributed by atoms with E-state index < -0.39 is 12.1 Å². The highest BCUT2D eigenvalue weighted by Gasteiger charge is 2.35. The van der Waals surface area contributed by atoms with Gasteiger partial charge in [-0.1, -0.05) is 6.07 Å². The van der Waals surface area contributed by atoms with E-state index in [1.54, 1.807) is 36.9 Å². The van der Waals surface area contributed by atoms with Crippen molar-refractivity contribution < 1.29 is 14.3 Å². The van der Waals surface area contributed by atoms with Crippen LogP contribution in [0.2, 0.25) is 0 Å². The number of rotatable bonds is 7. The number of hydrogen-bond acceptors (Lipinski definition) is 7. The third-order valence-electron chi connectivity index (χ3n) is 4.89. The molecule has 1 N–H and O–H groups in total. The summed E-state index contributed by atoms with van der Waals surface area (Å²) in [5.41, 5.74) is 2.32. The van der Waals surface area contributed by atoms with Crippen LogP contribution in [0.1, 0.15) is 37.4 Å². The lowest BCUT2D eigenvalue weighted by atomic mass is 9.89. The molecular weight excluding hydrogens is 384 g/mol. The molecule has 30 heavy (non-hydrogen) atoms. The van der Waals surface area contributed by atoms with Crippen LogP contribution < -0.4 is 10.9 Å². The average Bonchev–Trinajstić information content (AvgIpc) is 2.71. The highest BCUT2D eigenvalue weighted by Crippen LogP contribution is 2.39. The molecule has 0 aliphatic carbocycles. The van der Waals surface area contributed by atoms with E-state index in [1.807, 2.05) is 32.3 Å². The van der Waals surface area contributed by atoms with Gasteiger partial charge in [-0.05, 0) is 59.1 Å². The Labute approximate surface area is 176 Å². The number of ether oxygens (including phenoxy) is 2. The number of allylic oxidation sites excluding steroid dienone is 2. The third-order valence-corrected chi connectivity index (χ3v) is 4.89. The fraction of sp³-hybridized carbons (Fsp3) is 0.409. The summed E-state index contributed by atoms with van der Waals surface area (Å²) in [6.45, 7) is 5.18. The lowest BCUT2D eigenvalue weighted by Gasteiger charge is -2.29. The van der Waals surface area contributed by atoms with Crippen molar-refractivity contribution in [3.8, 4) is 0 Å². The van der Waals surface area contributed by atoms with Gasteiger partial charge >= 0.3 is 6.16 Å². The largest absolute Gasteiger partial charge is 0.513 e. The molecule has 1 aliphatic heterocycles. The van der Waals surface area contributed by atoms with Crippen LogP contribution in [0.25, 0.3) is 0 Å². The number of nitrogens with zero attached hydrogens (tertiary/aromatic N) is 3. The molecular formula is C22H28N4O4. The average molecular weight is 412 g/mol. The van der Waals surface area contributed by atoms with Gasteiger partial charge in [-0.3, -0.25) is 9.78 Å². The normalized spacial score (nSPS) is 15.6. The highest BCUT2D eigenvalue weighted by molar-refractivity contribution is 5.67. The van der Waals surface area contributed by atoms with Gasteiger partial charge in [0, 0.05) is 24.6 Å². The topological polar surface area (TPSA) is 85.7 Å². The first kappa shape index (κ1) is 21.6. The summed E-state index contributed by atoms with van der Waals surface area (Å²) in [6.07, 6.45) is 3.49. The Bertz CT molecular complexity index is 982. The number of carbonyl (C=O) groups is 1. The van der Waals surface area contributed by atoms with Crippen LogP contribution in [0.15, 0.2) is 52.9 Å². The molecule has 3 rings (SSSR count). The van der Waals surface area contributed by atoms with Gasteiger partial charge in [-0.25, -0.2) is 4.79 Å². The van der Waals surface area contributed by atoms with Gasteiger partial charge in [-0.2, -0.15) is 0 Å². The van der Waals surface area contributed by atoms with Gasteiger partial charge in [0.25, 0.3) is 5.56 Å². The van der Waals surface area contributed by atoms with Crippen molar-refractivity contribution in [3.63, 3.8) is 0 Å². The highest BCUT2D eigenvalue weighted by atomic mass is 16.7. The van der Waals surface area contributed by atoms with Gasteiger partial charge < -0.3 is 24.3 Å². The predicted octanol–water partition coefficient (Wildman–Crippen LogP) is 3.16. The van der Waals surface area contributed by atoms with Gasteiger partial charge in [0.15, 0.2) is 0 Å². The van der Waals surface area contributed by atoms with Gasteiger partial charge in [0.2, 0.25) is 0 Å². The van der Waals surface area contributed by atoms with Crippen LogP contribution in [-0.4, -0.2) is 47.9 Å². The number of nitrogens with one attached hydrogen (secondary N) is 1. The van der Waals surface area contributed by atoms with Crippen LogP contribution in [0.3, 0.4) is 0 Å². The fourth-order valence-corrected chi connectivity index (χ4v) is 3.53. The molecule has 160 valence electrons. The minimum atomic E-state index is -0.805. The van der Waals surface area contributed by atoms with Crippen LogP contribution in [0.5, 0.6) is 0 Å². The number of aryl methyl sites for hydroxylation is 1. The Morgan fingerprint density at radius 2 is 2.10 bits per heavy atom. The molecule has 0 fully saturated rings. The van der Waals surface area contributed by atoms with E-state index in [0.29, 0.717) is 34.9 Å². The van der Waals surface area contributed by atoms with Crippen molar-refractivity contribution in [3.05, 3.63) is 69.7 Å². The molecule has 0 bridgehead atoms. The molecule has 0 radical (unpaired) electrons. The van der Waals surface area contributed by atoms with Gasteiger partial charge in [-0.15, -0.1) is 0 Å². The summed E-state index contributed by atoms with van der Waals surface area (Å²) in [5, 5.41) is 3.20. The minimum Gasteiger partial charge on any atom is -0.434 e. The van der Waals surface area contributed by atoms with Crippen LogP contribution in [0.4, 0.5) is 10.5 Å². The summed E-state index contributed by atoms with van der Waals surface area (Å²) in [6, 6.07) is 7.36. The molecule has 8 nitrogen and oxygen atoms in total. The summed E-state index contributed by atoms with van der Waals surface area (Å²) < 4.78 is 12.2.